The molecule has 0 radical (unpaired) electrons. The molecule has 3 heterocycles. The molecule has 168 valence electrons. The third-order valence-electron chi connectivity index (χ3n) is 5.13. The molecule has 1 aliphatic rings. The van der Waals surface area contributed by atoms with Crippen LogP contribution in [0.4, 0.5) is 11.5 Å². The van der Waals surface area contributed by atoms with E-state index in [1.54, 1.807) is 11.4 Å². The van der Waals surface area contributed by atoms with E-state index in [-0.39, 0.29) is 34.0 Å². The number of nitriles is 2. The number of carbonyl (C=O) groups is 3. The average molecular weight is 490 g/mol. The Bertz CT molecular complexity index is 1390. The van der Waals surface area contributed by atoms with E-state index in [0.717, 1.165) is 16.7 Å². The van der Waals surface area contributed by atoms with Crippen LogP contribution in [-0.2, 0) is 14.3 Å². The molecule has 3 aromatic rings. The number of aromatic nitrogens is 1. The first-order valence-corrected chi connectivity index (χ1v) is 11.6. The number of benzene rings is 1. The molecule has 4 rings (SSSR count). The standard InChI is InChI=1S/C23H15N5O4S2/c1-32-23(31)12-2-4-14(5-3-12)28-18(29)8-17(22(28)30)34-21-16(10-25)19(13-6-7-33-11-13)15(9-24)20(26)27-21/h2-7,11,17H,8H2,1H3,(H2,26,27). The fraction of sp³-hybridized carbons (Fsp3) is 0.130. The molecular weight excluding hydrogens is 474 g/mol. The fourth-order valence-corrected chi connectivity index (χ4v) is 5.31. The second-order valence-corrected chi connectivity index (χ2v) is 9.05. The Morgan fingerprint density at radius 1 is 1.21 bits per heavy atom. The number of nitrogens with zero attached hydrogens (tertiary/aromatic N) is 4. The Kier molecular flexibility index (Phi) is 6.32. The van der Waals surface area contributed by atoms with Crippen molar-refractivity contribution >= 4 is 52.4 Å². The summed E-state index contributed by atoms with van der Waals surface area (Å²) in [7, 11) is 1.26. The molecule has 9 nitrogen and oxygen atoms in total. The van der Waals surface area contributed by atoms with E-state index < -0.39 is 23.0 Å². The zero-order chi connectivity index (χ0) is 24.4. The third-order valence-corrected chi connectivity index (χ3v) is 6.99. The third kappa shape index (κ3) is 3.99. The van der Waals surface area contributed by atoms with Crippen molar-refractivity contribution in [2.75, 3.05) is 17.7 Å². The molecule has 1 unspecified atom stereocenters. The van der Waals surface area contributed by atoms with Gasteiger partial charge in [-0.1, -0.05) is 11.8 Å². The minimum atomic E-state index is -0.838. The summed E-state index contributed by atoms with van der Waals surface area (Å²) in [5.74, 6) is -1.50. The molecule has 2 N–H and O–H groups in total. The Morgan fingerprint density at radius 3 is 2.50 bits per heavy atom. The monoisotopic (exact) mass is 489 g/mol. The van der Waals surface area contributed by atoms with Gasteiger partial charge in [0.2, 0.25) is 11.8 Å². The van der Waals surface area contributed by atoms with E-state index in [1.165, 1.54) is 42.7 Å². The summed E-state index contributed by atoms with van der Waals surface area (Å²) in [5, 5.41) is 22.4. The lowest BCUT2D eigenvalue weighted by Gasteiger charge is -2.16. The SMILES string of the molecule is COC(=O)c1ccc(N2C(=O)CC(Sc3nc(N)c(C#N)c(-c4ccsc4)c3C#N)C2=O)cc1. The maximum atomic E-state index is 13.1. The first kappa shape index (κ1) is 23.0. The van der Waals surface area contributed by atoms with Crippen molar-refractivity contribution in [1.29, 1.82) is 10.5 Å². The molecule has 1 saturated heterocycles. The number of nitrogens with two attached hydrogens (primary N) is 1. The number of carbonyl (C=O) groups excluding carboxylic acids is 3. The Labute approximate surface area is 202 Å². The highest BCUT2D eigenvalue weighted by Crippen LogP contribution is 2.40. The fourth-order valence-electron chi connectivity index (χ4n) is 3.55. The maximum Gasteiger partial charge on any atom is 0.337 e. The summed E-state index contributed by atoms with van der Waals surface area (Å²) in [6.07, 6.45) is -0.109. The van der Waals surface area contributed by atoms with Crippen LogP contribution >= 0.6 is 23.1 Å². The molecule has 0 spiro atoms. The van der Waals surface area contributed by atoms with Crippen LogP contribution in [0.25, 0.3) is 11.1 Å². The second-order valence-electron chi connectivity index (χ2n) is 7.08. The van der Waals surface area contributed by atoms with Crippen LogP contribution in [0.5, 0.6) is 0 Å². The van der Waals surface area contributed by atoms with E-state index in [9.17, 15) is 24.9 Å². The van der Waals surface area contributed by atoms with E-state index in [1.807, 2.05) is 11.4 Å². The Hall–Kier alpha value is -4.19. The molecule has 11 heteroatoms. The predicted molar refractivity (Wildman–Crippen MR) is 126 cm³/mol. The second kappa shape index (κ2) is 9.35. The molecule has 0 saturated carbocycles. The molecule has 1 atom stereocenters. The van der Waals surface area contributed by atoms with Crippen LogP contribution in [-0.4, -0.2) is 35.1 Å². The highest BCUT2D eigenvalue weighted by Gasteiger charge is 2.41. The number of esters is 1. The van der Waals surface area contributed by atoms with Gasteiger partial charge in [-0.2, -0.15) is 21.9 Å². The molecule has 2 amide bonds. The molecule has 0 bridgehead atoms. The van der Waals surface area contributed by atoms with E-state index in [0.29, 0.717) is 16.8 Å². The number of imide groups is 1. The van der Waals surface area contributed by atoms with E-state index in [4.69, 9.17) is 5.73 Å². The summed E-state index contributed by atoms with van der Waals surface area (Å²) in [6.45, 7) is 0. The highest BCUT2D eigenvalue weighted by atomic mass is 32.2. The lowest BCUT2D eigenvalue weighted by molar-refractivity contribution is -0.121. The minimum Gasteiger partial charge on any atom is -0.465 e. The zero-order valence-corrected chi connectivity index (χ0v) is 19.3. The van der Waals surface area contributed by atoms with Crippen LogP contribution < -0.4 is 10.6 Å². The summed E-state index contributed by atoms with van der Waals surface area (Å²) in [6, 6.07) is 11.8. The van der Waals surface area contributed by atoms with Crippen LogP contribution in [0.15, 0.2) is 46.1 Å². The zero-order valence-electron chi connectivity index (χ0n) is 17.6. The Balaban J connectivity index is 1.67. The van der Waals surface area contributed by atoms with Gasteiger partial charge in [-0.05, 0) is 46.7 Å². The van der Waals surface area contributed by atoms with Gasteiger partial charge >= 0.3 is 5.97 Å². The summed E-state index contributed by atoms with van der Waals surface area (Å²) in [5.41, 5.74) is 7.82. The summed E-state index contributed by atoms with van der Waals surface area (Å²) in [4.78, 5) is 42.7. The topological polar surface area (TPSA) is 150 Å². The van der Waals surface area contributed by atoms with Crippen molar-refractivity contribution in [3.05, 3.63) is 57.8 Å². The van der Waals surface area contributed by atoms with Crippen molar-refractivity contribution < 1.29 is 19.1 Å². The number of nitrogen functional groups attached to an aromatic ring is 1. The van der Waals surface area contributed by atoms with Gasteiger partial charge in [0.05, 0.1) is 29.2 Å². The van der Waals surface area contributed by atoms with Crippen molar-refractivity contribution in [3.63, 3.8) is 0 Å². The van der Waals surface area contributed by atoms with E-state index in [2.05, 4.69) is 15.8 Å². The first-order valence-electron chi connectivity index (χ1n) is 9.77. The number of pyridine rings is 1. The summed E-state index contributed by atoms with van der Waals surface area (Å²) >= 11 is 2.36. The molecule has 0 aliphatic carbocycles. The van der Waals surface area contributed by atoms with Gasteiger partial charge in [0, 0.05) is 12.0 Å². The number of ether oxygens (including phenoxy) is 1. The van der Waals surface area contributed by atoms with Gasteiger partial charge in [-0.3, -0.25) is 9.59 Å². The van der Waals surface area contributed by atoms with Gasteiger partial charge in [0.25, 0.3) is 0 Å². The van der Waals surface area contributed by atoms with Crippen molar-refractivity contribution in [2.45, 2.75) is 16.7 Å². The smallest absolute Gasteiger partial charge is 0.337 e. The first-order chi connectivity index (χ1) is 16.4. The lowest BCUT2D eigenvalue weighted by Crippen LogP contribution is -2.31. The van der Waals surface area contributed by atoms with Crippen LogP contribution in [0.1, 0.15) is 27.9 Å². The molecule has 1 aliphatic heterocycles. The number of anilines is 2. The molecule has 1 fully saturated rings. The van der Waals surface area contributed by atoms with Gasteiger partial charge in [-0.15, -0.1) is 0 Å². The van der Waals surface area contributed by atoms with Gasteiger partial charge < -0.3 is 10.5 Å². The predicted octanol–water partition coefficient (Wildman–Crippen LogP) is 3.35. The van der Waals surface area contributed by atoms with Crippen molar-refractivity contribution in [1.82, 2.24) is 4.98 Å². The number of methoxy groups -OCH3 is 1. The number of hydrogen-bond donors (Lipinski definition) is 1. The van der Waals surface area contributed by atoms with Crippen molar-refractivity contribution in [2.24, 2.45) is 0 Å². The average Bonchev–Trinajstić information content (AvgIpc) is 3.46. The van der Waals surface area contributed by atoms with Gasteiger partial charge in [0.1, 0.15) is 28.5 Å². The highest BCUT2D eigenvalue weighted by molar-refractivity contribution is 8.00. The van der Waals surface area contributed by atoms with Crippen LogP contribution in [0.3, 0.4) is 0 Å². The number of thiophene rings is 1. The molecule has 34 heavy (non-hydrogen) atoms. The van der Waals surface area contributed by atoms with Gasteiger partial charge in [-0.25, -0.2) is 14.7 Å². The molecule has 2 aromatic heterocycles. The Morgan fingerprint density at radius 2 is 1.91 bits per heavy atom. The molecular formula is C23H15N5O4S2. The minimum absolute atomic E-state index is 0.0581. The number of hydrogen-bond acceptors (Lipinski definition) is 10. The van der Waals surface area contributed by atoms with Gasteiger partial charge in [0.15, 0.2) is 0 Å². The number of thioether (sulfide) groups is 1. The largest absolute Gasteiger partial charge is 0.465 e. The number of rotatable bonds is 5. The normalized spacial score (nSPS) is 15.1. The quantitative estimate of drug-likeness (QED) is 0.420. The number of amides is 2. The van der Waals surface area contributed by atoms with Crippen LogP contribution in [0, 0.1) is 22.7 Å². The van der Waals surface area contributed by atoms with Crippen LogP contribution in [0.2, 0.25) is 0 Å². The van der Waals surface area contributed by atoms with E-state index >= 15 is 0 Å². The van der Waals surface area contributed by atoms with Crippen molar-refractivity contribution in [3.8, 4) is 23.3 Å². The summed E-state index contributed by atoms with van der Waals surface area (Å²) < 4.78 is 4.66. The molecule has 1 aromatic carbocycles. The maximum absolute atomic E-state index is 13.1. The lowest BCUT2D eigenvalue weighted by atomic mass is 9.99.